The summed E-state index contributed by atoms with van der Waals surface area (Å²) in [4.78, 5) is 0.656. The first-order valence-electron chi connectivity index (χ1n) is 11.2. The number of alkyl halides is 1. The Morgan fingerprint density at radius 1 is 0.583 bits per heavy atom. The zero-order chi connectivity index (χ0) is 17.7. The van der Waals surface area contributed by atoms with Crippen molar-refractivity contribution >= 4 is 15.9 Å². The van der Waals surface area contributed by atoms with Crippen LogP contribution in [0.1, 0.15) is 136 Å². The second kappa shape index (κ2) is 21.5. The molecule has 0 nitrogen and oxygen atoms in total. The average molecular weight is 403 g/mol. The Morgan fingerprint density at radius 2 is 0.917 bits per heavy atom. The van der Waals surface area contributed by atoms with Crippen molar-refractivity contribution < 1.29 is 0 Å². The summed E-state index contributed by atoms with van der Waals surface area (Å²) in [6.45, 7) is 4.53. The summed E-state index contributed by atoms with van der Waals surface area (Å²) in [5.74, 6) is 0. The molecule has 0 fully saturated rings. The monoisotopic (exact) mass is 401 g/mol. The van der Waals surface area contributed by atoms with Gasteiger partial charge in [0.2, 0.25) is 0 Å². The molecule has 0 saturated heterocycles. The van der Waals surface area contributed by atoms with Crippen LogP contribution in [-0.4, -0.2) is 4.83 Å². The van der Waals surface area contributed by atoms with Crippen LogP contribution in [0.3, 0.4) is 0 Å². The lowest BCUT2D eigenvalue weighted by Gasteiger charge is -2.04. The Labute approximate surface area is 163 Å². The topological polar surface area (TPSA) is 0 Å². The summed E-state index contributed by atoms with van der Waals surface area (Å²) in [5, 5.41) is 0. The van der Waals surface area contributed by atoms with Crippen LogP contribution in [-0.2, 0) is 0 Å². The summed E-state index contributed by atoms with van der Waals surface area (Å²) in [5.41, 5.74) is 0. The molecule has 0 aliphatic rings. The van der Waals surface area contributed by atoms with Gasteiger partial charge in [0.15, 0.2) is 0 Å². The highest BCUT2D eigenvalue weighted by Crippen LogP contribution is 2.15. The lowest BCUT2D eigenvalue weighted by molar-refractivity contribution is 0.526. The van der Waals surface area contributed by atoms with Gasteiger partial charge < -0.3 is 0 Å². The van der Waals surface area contributed by atoms with Crippen LogP contribution in [0.5, 0.6) is 0 Å². The van der Waals surface area contributed by atoms with E-state index in [9.17, 15) is 0 Å². The van der Waals surface area contributed by atoms with Crippen molar-refractivity contribution in [3.63, 3.8) is 0 Å². The molecule has 0 heterocycles. The van der Waals surface area contributed by atoms with Gasteiger partial charge in [-0.05, 0) is 12.8 Å². The highest BCUT2D eigenvalue weighted by Gasteiger charge is 1.97. The first-order chi connectivity index (χ1) is 11.8. The van der Waals surface area contributed by atoms with Crippen molar-refractivity contribution in [2.75, 3.05) is 0 Å². The van der Waals surface area contributed by atoms with Gasteiger partial charge in [-0.3, -0.25) is 0 Å². The Kier molecular flexibility index (Phi) is 22.0. The molecule has 24 heavy (non-hydrogen) atoms. The lowest BCUT2D eigenvalue weighted by Crippen LogP contribution is -1.90. The zero-order valence-electron chi connectivity index (χ0n) is 17.0. The van der Waals surface area contributed by atoms with Crippen molar-refractivity contribution in [1.82, 2.24) is 0 Å². The molecule has 0 aliphatic heterocycles. The number of halogens is 1. The normalized spacial score (nSPS) is 12.6. The van der Waals surface area contributed by atoms with Crippen LogP contribution in [0.4, 0.5) is 0 Å². The van der Waals surface area contributed by atoms with Crippen molar-refractivity contribution in [1.29, 1.82) is 0 Å². The maximum absolute atomic E-state index is 3.60. The van der Waals surface area contributed by atoms with Crippen LogP contribution in [0.25, 0.3) is 0 Å². The number of hydrogen-bond acceptors (Lipinski definition) is 0. The van der Waals surface area contributed by atoms with Crippen LogP contribution >= 0.6 is 15.9 Å². The predicted molar refractivity (Wildman–Crippen MR) is 116 cm³/mol. The molecule has 1 atom stereocenters. The van der Waals surface area contributed by atoms with Crippen LogP contribution in [0, 0.1) is 6.42 Å². The number of unbranched alkanes of at least 4 members (excludes halogenated alkanes) is 18. The fourth-order valence-corrected chi connectivity index (χ4v) is 3.63. The van der Waals surface area contributed by atoms with Crippen LogP contribution < -0.4 is 0 Å². The number of hydrogen-bond donors (Lipinski definition) is 0. The largest absolute Gasteiger partial charge is 0.0894 e. The third-order valence-electron chi connectivity index (χ3n) is 5.00. The van der Waals surface area contributed by atoms with Crippen molar-refractivity contribution in [3.8, 4) is 0 Å². The van der Waals surface area contributed by atoms with Gasteiger partial charge in [-0.25, -0.2) is 0 Å². The molecule has 145 valence electrons. The molecule has 1 heteroatoms. The molecular formula is C23H46Br. The van der Waals surface area contributed by atoms with Gasteiger partial charge in [0, 0.05) is 4.83 Å². The van der Waals surface area contributed by atoms with Crippen molar-refractivity contribution in [2.45, 2.75) is 141 Å². The van der Waals surface area contributed by atoms with E-state index in [4.69, 9.17) is 0 Å². The third-order valence-corrected chi connectivity index (χ3v) is 5.38. The molecule has 0 rings (SSSR count). The molecule has 0 aromatic carbocycles. The van der Waals surface area contributed by atoms with E-state index in [0.717, 1.165) is 0 Å². The molecule has 0 aliphatic carbocycles. The Hall–Kier alpha value is 0.480. The van der Waals surface area contributed by atoms with Crippen molar-refractivity contribution in [2.24, 2.45) is 0 Å². The Bertz CT molecular complexity index is 212. The maximum atomic E-state index is 3.60. The van der Waals surface area contributed by atoms with Gasteiger partial charge in [-0.15, -0.1) is 0 Å². The smallest absolute Gasteiger partial charge is 0.0120 e. The summed E-state index contributed by atoms with van der Waals surface area (Å²) < 4.78 is 0. The molecule has 1 radical (unpaired) electrons. The van der Waals surface area contributed by atoms with Gasteiger partial charge >= 0.3 is 0 Å². The molecule has 0 aromatic heterocycles. The molecule has 0 amide bonds. The molecule has 0 bridgehead atoms. The highest BCUT2D eigenvalue weighted by atomic mass is 79.9. The average Bonchev–Trinajstić information content (AvgIpc) is 2.56. The van der Waals surface area contributed by atoms with E-state index in [1.807, 2.05) is 0 Å². The van der Waals surface area contributed by atoms with E-state index in [-0.39, 0.29) is 0 Å². The molecule has 0 spiro atoms. The quantitative estimate of drug-likeness (QED) is 0.140. The minimum Gasteiger partial charge on any atom is -0.0894 e. The van der Waals surface area contributed by atoms with E-state index < -0.39 is 0 Å². The van der Waals surface area contributed by atoms with E-state index >= 15 is 0 Å². The highest BCUT2D eigenvalue weighted by molar-refractivity contribution is 9.09. The predicted octanol–water partition coefficient (Wildman–Crippen LogP) is 9.41. The fourth-order valence-electron chi connectivity index (χ4n) is 3.36. The van der Waals surface area contributed by atoms with Crippen LogP contribution in [0.15, 0.2) is 0 Å². The summed E-state index contributed by atoms with van der Waals surface area (Å²) >= 11 is 3.60. The maximum Gasteiger partial charge on any atom is 0.0120 e. The summed E-state index contributed by atoms with van der Waals surface area (Å²) in [6.07, 6.45) is 29.8. The third kappa shape index (κ3) is 22.5. The summed E-state index contributed by atoms with van der Waals surface area (Å²) in [6, 6.07) is 0. The van der Waals surface area contributed by atoms with Gasteiger partial charge in [0.1, 0.15) is 0 Å². The molecule has 0 N–H and O–H groups in total. The first-order valence-corrected chi connectivity index (χ1v) is 12.1. The zero-order valence-corrected chi connectivity index (χ0v) is 18.6. The first kappa shape index (κ1) is 24.5. The van der Waals surface area contributed by atoms with E-state index in [1.165, 1.54) is 122 Å². The van der Waals surface area contributed by atoms with Gasteiger partial charge in [0.05, 0.1) is 0 Å². The molecular weight excluding hydrogens is 356 g/mol. The van der Waals surface area contributed by atoms with Gasteiger partial charge in [-0.1, -0.05) is 145 Å². The van der Waals surface area contributed by atoms with Crippen molar-refractivity contribution in [3.05, 3.63) is 6.42 Å². The van der Waals surface area contributed by atoms with Crippen LogP contribution in [0.2, 0.25) is 0 Å². The minimum atomic E-state index is 0.656. The van der Waals surface area contributed by atoms with E-state index in [0.29, 0.717) is 4.83 Å². The fraction of sp³-hybridized carbons (Fsp3) is 0.957. The number of rotatable bonds is 20. The Morgan fingerprint density at radius 3 is 1.25 bits per heavy atom. The molecule has 0 saturated carbocycles. The standard InChI is InChI=1S/C23H46Br/c1-3-4-5-6-7-8-9-10-11-12-13-14-15-16-17-18-19-20-21-22-23(2)24/h21,23H,3-20,22H2,1-2H3. The molecule has 0 aromatic rings. The molecule has 1 unspecified atom stereocenters. The minimum absolute atomic E-state index is 0.656. The second-order valence-electron chi connectivity index (χ2n) is 7.75. The van der Waals surface area contributed by atoms with Gasteiger partial charge in [-0.2, -0.15) is 0 Å². The van der Waals surface area contributed by atoms with Gasteiger partial charge in [0.25, 0.3) is 0 Å². The Balaban J connectivity index is 2.95. The van der Waals surface area contributed by atoms with E-state index in [2.05, 4.69) is 36.2 Å². The SMILES string of the molecule is CCCCCCCCCCCCCCCCCCC[CH]CC(C)Br. The van der Waals surface area contributed by atoms with E-state index in [1.54, 1.807) is 0 Å². The second-order valence-corrected chi connectivity index (χ2v) is 9.31. The summed E-state index contributed by atoms with van der Waals surface area (Å²) in [7, 11) is 0. The lowest BCUT2D eigenvalue weighted by atomic mass is 10.0.